The molecule has 9 heteroatoms. The number of rotatable bonds is 6. The highest BCUT2D eigenvalue weighted by Crippen LogP contribution is 2.33. The van der Waals surface area contributed by atoms with Crippen LogP contribution < -0.4 is 0 Å². The van der Waals surface area contributed by atoms with E-state index in [1.54, 1.807) is 54.0 Å². The van der Waals surface area contributed by atoms with Crippen LogP contribution in [-0.2, 0) is 17.8 Å². The van der Waals surface area contributed by atoms with Crippen molar-refractivity contribution in [3.05, 3.63) is 88.1 Å². The first-order valence-electron chi connectivity index (χ1n) is 9.05. The van der Waals surface area contributed by atoms with Gasteiger partial charge in [0, 0.05) is 22.4 Å². The summed E-state index contributed by atoms with van der Waals surface area (Å²) in [5.74, 6) is 0.585. The van der Waals surface area contributed by atoms with Crippen LogP contribution in [0.1, 0.15) is 16.9 Å². The maximum Gasteiger partial charge on any atom is 0.242 e. The molecule has 0 saturated carbocycles. The van der Waals surface area contributed by atoms with Crippen molar-refractivity contribution in [2.24, 2.45) is 10.2 Å². The zero-order valence-electron chi connectivity index (χ0n) is 15.6. The van der Waals surface area contributed by atoms with Crippen LogP contribution in [0.2, 0.25) is 10.0 Å². The molecule has 6 nitrogen and oxygen atoms in total. The fourth-order valence-electron chi connectivity index (χ4n) is 2.91. The number of amidine groups is 1. The van der Waals surface area contributed by atoms with Crippen molar-refractivity contribution in [1.82, 2.24) is 9.88 Å². The SMILES string of the molecule is O=C1[C@H](Cc2cc(Cl)ccc2Cl)S/C(=N\N=C/c2ccncc2)N1Cc1ccco1. The summed E-state index contributed by atoms with van der Waals surface area (Å²) in [5, 5.41) is 9.72. The van der Waals surface area contributed by atoms with Crippen LogP contribution in [0.15, 0.2) is 75.7 Å². The van der Waals surface area contributed by atoms with E-state index in [2.05, 4.69) is 15.2 Å². The van der Waals surface area contributed by atoms with E-state index in [0.29, 0.717) is 27.4 Å². The minimum atomic E-state index is -0.384. The average molecular weight is 459 g/mol. The maximum atomic E-state index is 13.1. The first-order valence-corrected chi connectivity index (χ1v) is 10.7. The Kier molecular flexibility index (Phi) is 6.52. The summed E-state index contributed by atoms with van der Waals surface area (Å²) in [5.41, 5.74) is 1.68. The minimum Gasteiger partial charge on any atom is -0.467 e. The first kappa shape index (κ1) is 20.7. The van der Waals surface area contributed by atoms with Gasteiger partial charge in [0.05, 0.1) is 24.3 Å². The van der Waals surface area contributed by atoms with Crippen molar-refractivity contribution in [1.29, 1.82) is 0 Å². The smallest absolute Gasteiger partial charge is 0.242 e. The Morgan fingerprint density at radius 1 is 1.20 bits per heavy atom. The summed E-state index contributed by atoms with van der Waals surface area (Å²) in [6.45, 7) is 0.280. The van der Waals surface area contributed by atoms with Gasteiger partial charge in [0.25, 0.3) is 0 Å². The Balaban J connectivity index is 1.57. The quantitative estimate of drug-likeness (QED) is 0.382. The van der Waals surface area contributed by atoms with Gasteiger partial charge in [-0.25, -0.2) is 0 Å². The molecule has 2 aromatic heterocycles. The van der Waals surface area contributed by atoms with Crippen LogP contribution in [-0.4, -0.2) is 32.4 Å². The highest BCUT2D eigenvalue weighted by atomic mass is 35.5. The number of benzene rings is 1. The van der Waals surface area contributed by atoms with Gasteiger partial charge in [-0.05, 0) is 60.0 Å². The van der Waals surface area contributed by atoms with Crippen molar-refractivity contribution in [2.45, 2.75) is 18.2 Å². The van der Waals surface area contributed by atoms with Gasteiger partial charge in [-0.15, -0.1) is 5.10 Å². The second-order valence-corrected chi connectivity index (χ2v) is 8.47. The van der Waals surface area contributed by atoms with Crippen molar-refractivity contribution >= 4 is 52.3 Å². The number of pyridine rings is 1. The van der Waals surface area contributed by atoms with E-state index in [4.69, 9.17) is 27.6 Å². The van der Waals surface area contributed by atoms with Gasteiger partial charge in [0.1, 0.15) is 5.76 Å². The van der Waals surface area contributed by atoms with E-state index in [1.807, 2.05) is 18.2 Å². The molecule has 0 radical (unpaired) electrons. The van der Waals surface area contributed by atoms with Gasteiger partial charge in [-0.3, -0.25) is 14.7 Å². The minimum absolute atomic E-state index is 0.0784. The zero-order valence-corrected chi connectivity index (χ0v) is 17.9. The molecule has 3 heterocycles. The molecule has 30 heavy (non-hydrogen) atoms. The Bertz CT molecular complexity index is 1090. The lowest BCUT2D eigenvalue weighted by Gasteiger charge is -2.14. The number of furan rings is 1. The molecule has 4 rings (SSSR count). The number of halogens is 2. The van der Waals surface area contributed by atoms with Crippen molar-refractivity contribution in [3.63, 3.8) is 0 Å². The van der Waals surface area contributed by atoms with Crippen LogP contribution in [0, 0.1) is 0 Å². The molecule has 3 aromatic rings. The lowest BCUT2D eigenvalue weighted by molar-refractivity contribution is -0.126. The van der Waals surface area contributed by atoms with Crippen LogP contribution in [0.5, 0.6) is 0 Å². The second kappa shape index (κ2) is 9.47. The lowest BCUT2D eigenvalue weighted by atomic mass is 10.1. The van der Waals surface area contributed by atoms with Crippen LogP contribution in [0.25, 0.3) is 0 Å². The second-order valence-electron chi connectivity index (χ2n) is 6.46. The molecule has 1 saturated heterocycles. The topological polar surface area (TPSA) is 71.1 Å². The molecule has 1 aromatic carbocycles. The van der Waals surface area contributed by atoms with Gasteiger partial charge >= 0.3 is 0 Å². The zero-order chi connectivity index (χ0) is 20.9. The van der Waals surface area contributed by atoms with Crippen molar-refractivity contribution in [3.8, 4) is 0 Å². The van der Waals surface area contributed by atoms with E-state index in [-0.39, 0.29) is 17.7 Å². The molecule has 1 atom stereocenters. The Labute approximate surface area is 187 Å². The molecule has 1 aliphatic rings. The average Bonchev–Trinajstić information content (AvgIpc) is 3.36. The molecular formula is C21H16Cl2N4O2S. The van der Waals surface area contributed by atoms with Crippen LogP contribution in [0.4, 0.5) is 0 Å². The summed E-state index contributed by atoms with van der Waals surface area (Å²) in [7, 11) is 0. The lowest BCUT2D eigenvalue weighted by Crippen LogP contribution is -2.32. The molecule has 1 fully saturated rings. The van der Waals surface area contributed by atoms with Gasteiger partial charge < -0.3 is 4.42 Å². The van der Waals surface area contributed by atoms with Crippen LogP contribution in [0.3, 0.4) is 0 Å². The number of carbonyl (C=O) groups is 1. The van der Waals surface area contributed by atoms with E-state index >= 15 is 0 Å². The number of nitrogens with zero attached hydrogens (tertiary/aromatic N) is 4. The van der Waals surface area contributed by atoms with Gasteiger partial charge in [-0.1, -0.05) is 35.0 Å². The molecule has 0 aliphatic carbocycles. The van der Waals surface area contributed by atoms with Gasteiger partial charge in [-0.2, -0.15) is 5.10 Å². The largest absolute Gasteiger partial charge is 0.467 e. The number of hydrogen-bond acceptors (Lipinski definition) is 6. The number of carbonyl (C=O) groups excluding carboxylic acids is 1. The molecule has 0 N–H and O–H groups in total. The molecule has 0 bridgehead atoms. The summed E-state index contributed by atoms with van der Waals surface area (Å²) in [6, 6.07) is 12.5. The van der Waals surface area contributed by atoms with Crippen molar-refractivity contribution in [2.75, 3.05) is 0 Å². The highest BCUT2D eigenvalue weighted by molar-refractivity contribution is 8.15. The molecule has 152 valence electrons. The van der Waals surface area contributed by atoms with Crippen molar-refractivity contribution < 1.29 is 9.21 Å². The van der Waals surface area contributed by atoms with E-state index in [0.717, 1.165) is 11.1 Å². The number of thioether (sulfide) groups is 1. The third-order valence-corrected chi connectivity index (χ3v) is 6.15. The highest BCUT2D eigenvalue weighted by Gasteiger charge is 2.39. The molecule has 0 unspecified atom stereocenters. The summed E-state index contributed by atoms with van der Waals surface area (Å²) in [4.78, 5) is 18.7. The Morgan fingerprint density at radius 3 is 2.80 bits per heavy atom. The fraction of sp³-hybridized carbons (Fsp3) is 0.143. The number of aromatic nitrogens is 1. The standard InChI is InChI=1S/C21H16Cl2N4O2S/c22-16-3-4-18(23)15(10-16)11-19-20(28)27(13-17-2-1-9-29-17)21(30-19)26-25-12-14-5-7-24-8-6-14/h1-10,12,19H,11,13H2/b25-12-,26-21-/t19-/m0/s1. The molecule has 1 aliphatic heterocycles. The normalized spacial score (nSPS) is 18.1. The molecule has 0 spiro atoms. The molecular weight excluding hydrogens is 443 g/mol. The van der Waals surface area contributed by atoms with E-state index in [9.17, 15) is 4.79 Å². The fourth-order valence-corrected chi connectivity index (χ4v) is 4.42. The van der Waals surface area contributed by atoms with Gasteiger partial charge in [0.2, 0.25) is 5.91 Å². The number of amides is 1. The summed E-state index contributed by atoms with van der Waals surface area (Å²) in [6.07, 6.45) is 6.98. The number of hydrogen-bond donors (Lipinski definition) is 0. The maximum absolute atomic E-state index is 13.1. The monoisotopic (exact) mass is 458 g/mol. The Morgan fingerprint density at radius 2 is 2.03 bits per heavy atom. The molecule has 1 amide bonds. The predicted molar refractivity (Wildman–Crippen MR) is 120 cm³/mol. The Hall–Kier alpha value is -2.61. The van der Waals surface area contributed by atoms with E-state index < -0.39 is 0 Å². The van der Waals surface area contributed by atoms with Crippen LogP contribution >= 0.6 is 35.0 Å². The third-order valence-electron chi connectivity index (χ3n) is 4.38. The third kappa shape index (κ3) is 4.92. The van der Waals surface area contributed by atoms with E-state index in [1.165, 1.54) is 11.8 Å². The predicted octanol–water partition coefficient (Wildman–Crippen LogP) is 5.06. The summed E-state index contributed by atoms with van der Waals surface area (Å²) < 4.78 is 5.41. The first-order chi connectivity index (χ1) is 14.6. The summed E-state index contributed by atoms with van der Waals surface area (Å²) >= 11 is 13.7. The van der Waals surface area contributed by atoms with Gasteiger partial charge in [0.15, 0.2) is 5.17 Å².